The molecular formula is C18H15ClN4O3. The Labute approximate surface area is 154 Å². The molecule has 0 aliphatic carbocycles. The lowest BCUT2D eigenvalue weighted by Crippen LogP contribution is -2.39. The number of carbonyl (C=O) groups excluding carboxylic acids is 2. The number of imide groups is 1. The summed E-state index contributed by atoms with van der Waals surface area (Å²) in [6, 6.07) is 12.6. The monoisotopic (exact) mass is 370 g/mol. The fourth-order valence-corrected chi connectivity index (χ4v) is 3.36. The molecule has 132 valence electrons. The molecule has 0 spiro atoms. The summed E-state index contributed by atoms with van der Waals surface area (Å²) in [5, 5.41) is 9.94. The molecule has 1 saturated heterocycles. The number of anilines is 1. The standard InChI is InChI=1S/C18H15ClN4O3/c1-26-12-8-6-11(7-9-12)10-22-16-15(20-21-22)17(24)23(18(16)25)14-5-3-2-4-13(14)19/h2-9,15-16H,10H2,1H3. The zero-order chi connectivity index (χ0) is 18.3. The Morgan fingerprint density at radius 3 is 2.50 bits per heavy atom. The number of para-hydroxylation sites is 1. The number of nitrogens with zero attached hydrogens (tertiary/aromatic N) is 4. The summed E-state index contributed by atoms with van der Waals surface area (Å²) in [6.45, 7) is 0.365. The van der Waals surface area contributed by atoms with Crippen molar-refractivity contribution in [2.75, 3.05) is 12.0 Å². The Balaban J connectivity index is 1.59. The van der Waals surface area contributed by atoms with Crippen LogP contribution < -0.4 is 9.64 Å². The number of hydrogen-bond donors (Lipinski definition) is 0. The number of fused-ring (bicyclic) bond motifs is 1. The average molecular weight is 371 g/mol. The van der Waals surface area contributed by atoms with Crippen molar-refractivity contribution in [3.63, 3.8) is 0 Å². The minimum atomic E-state index is -0.836. The van der Waals surface area contributed by atoms with Crippen LogP contribution in [0.1, 0.15) is 5.56 Å². The van der Waals surface area contributed by atoms with E-state index in [1.165, 1.54) is 0 Å². The van der Waals surface area contributed by atoms with Crippen LogP contribution in [0.5, 0.6) is 5.75 Å². The van der Waals surface area contributed by atoms with E-state index in [2.05, 4.69) is 10.3 Å². The van der Waals surface area contributed by atoms with Gasteiger partial charge in [0.05, 0.1) is 24.4 Å². The maximum absolute atomic E-state index is 12.9. The third-order valence-electron chi connectivity index (χ3n) is 4.45. The SMILES string of the molecule is COc1ccc(CN2N=NC3C(=O)N(c4ccccc4Cl)C(=O)C32)cc1. The van der Waals surface area contributed by atoms with E-state index in [-0.39, 0.29) is 5.91 Å². The molecule has 0 saturated carbocycles. The highest BCUT2D eigenvalue weighted by Gasteiger charge is 2.55. The fourth-order valence-electron chi connectivity index (χ4n) is 3.14. The van der Waals surface area contributed by atoms with Crippen molar-refractivity contribution in [3.8, 4) is 5.75 Å². The van der Waals surface area contributed by atoms with E-state index in [1.807, 2.05) is 24.3 Å². The van der Waals surface area contributed by atoms with Crippen LogP contribution in [0, 0.1) is 0 Å². The number of ether oxygens (including phenoxy) is 1. The van der Waals surface area contributed by atoms with Crippen molar-refractivity contribution in [2.24, 2.45) is 10.3 Å². The lowest BCUT2D eigenvalue weighted by atomic mass is 10.1. The van der Waals surface area contributed by atoms with Gasteiger partial charge in [-0.3, -0.25) is 14.6 Å². The van der Waals surface area contributed by atoms with Crippen molar-refractivity contribution < 1.29 is 14.3 Å². The van der Waals surface area contributed by atoms with Gasteiger partial charge in [-0.2, -0.15) is 5.11 Å². The number of halogens is 1. The summed E-state index contributed by atoms with van der Waals surface area (Å²) in [7, 11) is 1.60. The predicted molar refractivity (Wildman–Crippen MR) is 94.9 cm³/mol. The summed E-state index contributed by atoms with van der Waals surface area (Å²) in [4.78, 5) is 26.7. The lowest BCUT2D eigenvalue weighted by Gasteiger charge is -2.21. The summed E-state index contributed by atoms with van der Waals surface area (Å²) >= 11 is 6.16. The van der Waals surface area contributed by atoms with E-state index in [4.69, 9.17) is 16.3 Å². The average Bonchev–Trinajstić information content (AvgIpc) is 3.17. The van der Waals surface area contributed by atoms with Gasteiger partial charge in [0.15, 0.2) is 12.1 Å². The smallest absolute Gasteiger partial charge is 0.263 e. The normalized spacial score (nSPS) is 21.5. The highest BCUT2D eigenvalue weighted by atomic mass is 35.5. The molecule has 2 aromatic carbocycles. The summed E-state index contributed by atoms with van der Waals surface area (Å²) in [5.41, 5.74) is 1.31. The molecular weight excluding hydrogens is 356 g/mol. The first-order valence-corrected chi connectivity index (χ1v) is 8.40. The molecule has 2 aliphatic rings. The number of amides is 2. The molecule has 0 N–H and O–H groups in total. The van der Waals surface area contributed by atoms with Gasteiger partial charge in [0.2, 0.25) is 0 Å². The van der Waals surface area contributed by atoms with Crippen LogP contribution in [0.3, 0.4) is 0 Å². The number of methoxy groups -OCH3 is 1. The second-order valence-corrected chi connectivity index (χ2v) is 6.41. The van der Waals surface area contributed by atoms with E-state index >= 15 is 0 Å². The zero-order valence-corrected chi connectivity index (χ0v) is 14.6. The highest BCUT2D eigenvalue weighted by molar-refractivity contribution is 6.36. The quantitative estimate of drug-likeness (QED) is 0.775. The molecule has 8 heteroatoms. The highest BCUT2D eigenvalue weighted by Crippen LogP contribution is 2.35. The van der Waals surface area contributed by atoms with Crippen LogP contribution in [0.4, 0.5) is 5.69 Å². The van der Waals surface area contributed by atoms with Gasteiger partial charge in [-0.1, -0.05) is 41.1 Å². The molecule has 2 aromatic rings. The molecule has 2 unspecified atom stereocenters. The zero-order valence-electron chi connectivity index (χ0n) is 13.9. The molecule has 2 atom stereocenters. The van der Waals surface area contributed by atoms with Gasteiger partial charge in [-0.25, -0.2) is 4.90 Å². The third kappa shape index (κ3) is 2.61. The van der Waals surface area contributed by atoms with Crippen LogP contribution in [-0.2, 0) is 16.1 Å². The van der Waals surface area contributed by atoms with E-state index < -0.39 is 18.0 Å². The molecule has 0 aromatic heterocycles. The van der Waals surface area contributed by atoms with Crippen LogP contribution in [-0.4, -0.2) is 36.0 Å². The van der Waals surface area contributed by atoms with E-state index in [1.54, 1.807) is 36.4 Å². The van der Waals surface area contributed by atoms with E-state index in [9.17, 15) is 9.59 Å². The largest absolute Gasteiger partial charge is 0.497 e. The van der Waals surface area contributed by atoms with Crippen molar-refractivity contribution >= 4 is 29.1 Å². The van der Waals surface area contributed by atoms with Crippen LogP contribution in [0.15, 0.2) is 58.9 Å². The molecule has 7 nitrogen and oxygen atoms in total. The Morgan fingerprint density at radius 2 is 1.81 bits per heavy atom. The molecule has 1 fully saturated rings. The fraction of sp³-hybridized carbons (Fsp3) is 0.222. The van der Waals surface area contributed by atoms with Gasteiger partial charge >= 0.3 is 0 Å². The molecule has 26 heavy (non-hydrogen) atoms. The van der Waals surface area contributed by atoms with E-state index in [0.29, 0.717) is 17.3 Å². The second kappa shape index (κ2) is 6.42. The number of benzene rings is 2. The first-order valence-electron chi connectivity index (χ1n) is 8.03. The number of rotatable bonds is 4. The minimum absolute atomic E-state index is 0.341. The van der Waals surface area contributed by atoms with Crippen molar-refractivity contribution in [3.05, 3.63) is 59.1 Å². The van der Waals surface area contributed by atoms with Gasteiger partial charge in [0, 0.05) is 0 Å². The Kier molecular flexibility index (Phi) is 4.08. The molecule has 2 amide bonds. The van der Waals surface area contributed by atoms with Gasteiger partial charge in [0.1, 0.15) is 5.75 Å². The van der Waals surface area contributed by atoms with Crippen molar-refractivity contribution in [2.45, 2.75) is 18.6 Å². The first-order chi connectivity index (χ1) is 12.6. The van der Waals surface area contributed by atoms with Crippen molar-refractivity contribution in [1.29, 1.82) is 0 Å². The summed E-state index contributed by atoms with van der Waals surface area (Å²) in [5.74, 6) is -0.0348. The van der Waals surface area contributed by atoms with Gasteiger partial charge in [0.25, 0.3) is 11.8 Å². The molecule has 2 heterocycles. The maximum atomic E-state index is 12.9. The third-order valence-corrected chi connectivity index (χ3v) is 4.77. The van der Waals surface area contributed by atoms with E-state index in [0.717, 1.165) is 16.2 Å². The summed E-state index contributed by atoms with van der Waals surface area (Å²) in [6.07, 6.45) is 0. The molecule has 4 rings (SSSR count). The van der Waals surface area contributed by atoms with Gasteiger partial charge < -0.3 is 4.74 Å². The van der Waals surface area contributed by atoms with Crippen LogP contribution >= 0.6 is 11.6 Å². The van der Waals surface area contributed by atoms with Gasteiger partial charge in [-0.15, -0.1) is 0 Å². The lowest BCUT2D eigenvalue weighted by molar-refractivity contribution is -0.123. The Hall–Kier alpha value is -2.93. The predicted octanol–water partition coefficient (Wildman–Crippen LogP) is 2.84. The maximum Gasteiger partial charge on any atom is 0.263 e. The summed E-state index contributed by atoms with van der Waals surface area (Å²) < 4.78 is 5.14. The van der Waals surface area contributed by atoms with Crippen LogP contribution in [0.25, 0.3) is 0 Å². The topological polar surface area (TPSA) is 74.6 Å². The number of hydrogen-bond acceptors (Lipinski definition) is 6. The van der Waals surface area contributed by atoms with Crippen molar-refractivity contribution in [1.82, 2.24) is 5.01 Å². The van der Waals surface area contributed by atoms with Gasteiger partial charge in [-0.05, 0) is 29.8 Å². The number of carbonyl (C=O) groups is 2. The van der Waals surface area contributed by atoms with Crippen LogP contribution in [0.2, 0.25) is 5.02 Å². The first kappa shape index (κ1) is 16.5. The molecule has 0 bridgehead atoms. The molecule has 2 aliphatic heterocycles. The Bertz CT molecular complexity index is 900. The Morgan fingerprint density at radius 1 is 1.08 bits per heavy atom. The second-order valence-electron chi connectivity index (χ2n) is 6.00. The molecule has 0 radical (unpaired) electrons. The minimum Gasteiger partial charge on any atom is -0.497 e.